The van der Waals surface area contributed by atoms with Crippen LogP contribution in [0.3, 0.4) is 0 Å². The van der Waals surface area contributed by atoms with Crippen molar-refractivity contribution in [3.8, 4) is 22.6 Å². The topological polar surface area (TPSA) is 51.8 Å². The van der Waals surface area contributed by atoms with E-state index in [0.29, 0.717) is 12.4 Å². The fraction of sp³-hybridized carbons (Fsp3) is 0.111. The Morgan fingerprint density at radius 3 is 2.18 bits per heavy atom. The molecule has 0 fully saturated rings. The number of rotatable bonds is 3. The molecule has 0 saturated heterocycles. The van der Waals surface area contributed by atoms with E-state index < -0.39 is 0 Å². The Balaban J connectivity index is 0.00000176. The van der Waals surface area contributed by atoms with Crippen molar-refractivity contribution >= 4 is 12.4 Å². The van der Waals surface area contributed by atoms with Gasteiger partial charge in [-0.25, -0.2) is 9.97 Å². The molecule has 0 amide bonds. The molecular weight excluding hydrogens is 294 g/mol. The van der Waals surface area contributed by atoms with Crippen molar-refractivity contribution in [2.75, 3.05) is 0 Å². The van der Waals surface area contributed by atoms with E-state index in [0.717, 1.165) is 22.5 Å². The van der Waals surface area contributed by atoms with Gasteiger partial charge in [-0.15, -0.1) is 12.4 Å². The first kappa shape index (κ1) is 16.1. The molecule has 0 aliphatic carbocycles. The maximum Gasteiger partial charge on any atom is 0.160 e. The predicted octanol–water partition coefficient (Wildman–Crippen LogP) is 4.00. The summed E-state index contributed by atoms with van der Waals surface area (Å²) in [5, 5.41) is 0. The van der Waals surface area contributed by atoms with Crippen molar-refractivity contribution in [1.82, 2.24) is 9.97 Å². The predicted molar refractivity (Wildman–Crippen MR) is 92.8 cm³/mol. The van der Waals surface area contributed by atoms with Crippen molar-refractivity contribution in [3.63, 3.8) is 0 Å². The third-order valence-electron chi connectivity index (χ3n) is 3.37. The van der Waals surface area contributed by atoms with Crippen LogP contribution in [0.1, 0.15) is 11.3 Å². The third kappa shape index (κ3) is 3.50. The maximum atomic E-state index is 5.78. The van der Waals surface area contributed by atoms with Crippen LogP contribution in [0.15, 0.2) is 60.7 Å². The Labute approximate surface area is 136 Å². The van der Waals surface area contributed by atoms with Gasteiger partial charge in [0.15, 0.2) is 5.82 Å². The van der Waals surface area contributed by atoms with Gasteiger partial charge in [-0.05, 0) is 13.0 Å². The number of benzene rings is 2. The van der Waals surface area contributed by atoms with Crippen LogP contribution in [0.25, 0.3) is 22.6 Å². The SMILES string of the molecule is Cc1ccc(-c2cc(CN)nc(-c3ccccc3)n2)cc1.Cl. The average molecular weight is 312 g/mol. The fourth-order valence-electron chi connectivity index (χ4n) is 2.19. The lowest BCUT2D eigenvalue weighted by Crippen LogP contribution is -2.03. The molecule has 0 bridgehead atoms. The molecule has 2 aromatic carbocycles. The molecule has 3 nitrogen and oxygen atoms in total. The molecule has 0 aliphatic rings. The van der Waals surface area contributed by atoms with E-state index in [1.165, 1.54) is 5.56 Å². The second-order valence-electron chi connectivity index (χ2n) is 5.00. The molecule has 112 valence electrons. The third-order valence-corrected chi connectivity index (χ3v) is 3.37. The van der Waals surface area contributed by atoms with Gasteiger partial charge in [0.05, 0.1) is 11.4 Å². The Bertz CT molecular complexity index is 740. The summed E-state index contributed by atoms with van der Waals surface area (Å²) in [5.41, 5.74) is 10.8. The minimum Gasteiger partial charge on any atom is -0.325 e. The first-order valence-electron chi connectivity index (χ1n) is 6.97. The number of aryl methyl sites for hydroxylation is 1. The number of aromatic nitrogens is 2. The second-order valence-corrected chi connectivity index (χ2v) is 5.00. The van der Waals surface area contributed by atoms with Gasteiger partial charge in [-0.2, -0.15) is 0 Å². The fourth-order valence-corrected chi connectivity index (χ4v) is 2.19. The quantitative estimate of drug-likeness (QED) is 0.795. The van der Waals surface area contributed by atoms with Crippen LogP contribution in [0.2, 0.25) is 0 Å². The summed E-state index contributed by atoms with van der Waals surface area (Å²) in [5.74, 6) is 0.717. The molecule has 4 heteroatoms. The van der Waals surface area contributed by atoms with E-state index >= 15 is 0 Å². The van der Waals surface area contributed by atoms with Crippen molar-refractivity contribution < 1.29 is 0 Å². The highest BCUT2D eigenvalue weighted by Crippen LogP contribution is 2.22. The molecule has 1 aromatic heterocycles. The van der Waals surface area contributed by atoms with Crippen LogP contribution in [-0.4, -0.2) is 9.97 Å². The van der Waals surface area contributed by atoms with Crippen LogP contribution in [-0.2, 0) is 6.54 Å². The zero-order valence-electron chi connectivity index (χ0n) is 12.4. The largest absolute Gasteiger partial charge is 0.325 e. The van der Waals surface area contributed by atoms with Crippen LogP contribution in [0.4, 0.5) is 0 Å². The maximum absolute atomic E-state index is 5.78. The van der Waals surface area contributed by atoms with E-state index in [4.69, 9.17) is 5.73 Å². The smallest absolute Gasteiger partial charge is 0.160 e. The molecule has 3 rings (SSSR count). The average Bonchev–Trinajstić information content (AvgIpc) is 2.56. The molecule has 0 aliphatic heterocycles. The molecule has 0 saturated carbocycles. The number of nitrogens with two attached hydrogens (primary N) is 1. The summed E-state index contributed by atoms with van der Waals surface area (Å²) < 4.78 is 0. The minimum absolute atomic E-state index is 0. The zero-order valence-corrected chi connectivity index (χ0v) is 13.2. The van der Waals surface area contributed by atoms with Gasteiger partial charge in [0, 0.05) is 17.7 Å². The molecule has 2 N–H and O–H groups in total. The lowest BCUT2D eigenvalue weighted by atomic mass is 10.1. The number of nitrogens with zero attached hydrogens (tertiary/aromatic N) is 2. The van der Waals surface area contributed by atoms with E-state index in [1.807, 2.05) is 36.4 Å². The van der Waals surface area contributed by atoms with Gasteiger partial charge in [0.2, 0.25) is 0 Å². The Hall–Kier alpha value is -2.23. The summed E-state index contributed by atoms with van der Waals surface area (Å²) in [6, 6.07) is 20.2. The van der Waals surface area contributed by atoms with E-state index in [-0.39, 0.29) is 12.4 Å². The Morgan fingerprint density at radius 1 is 0.864 bits per heavy atom. The van der Waals surface area contributed by atoms with Gasteiger partial charge in [0.25, 0.3) is 0 Å². The summed E-state index contributed by atoms with van der Waals surface area (Å²) in [6.07, 6.45) is 0. The van der Waals surface area contributed by atoms with Crippen LogP contribution >= 0.6 is 12.4 Å². The molecule has 0 unspecified atom stereocenters. The molecule has 0 atom stereocenters. The van der Waals surface area contributed by atoms with Gasteiger partial charge < -0.3 is 5.73 Å². The minimum atomic E-state index is 0. The standard InChI is InChI=1S/C18H17N3.ClH/c1-13-7-9-14(10-8-13)17-11-16(12-19)20-18(21-17)15-5-3-2-4-6-15;/h2-11H,12,19H2,1H3;1H. The van der Waals surface area contributed by atoms with Crippen molar-refractivity contribution in [2.24, 2.45) is 5.73 Å². The van der Waals surface area contributed by atoms with E-state index in [2.05, 4.69) is 41.2 Å². The number of halogens is 1. The Morgan fingerprint density at radius 2 is 1.55 bits per heavy atom. The first-order valence-corrected chi connectivity index (χ1v) is 6.97. The monoisotopic (exact) mass is 311 g/mol. The molecule has 0 spiro atoms. The molecule has 22 heavy (non-hydrogen) atoms. The molecular formula is C18H18ClN3. The first-order chi connectivity index (χ1) is 10.3. The van der Waals surface area contributed by atoms with Crippen molar-refractivity contribution in [1.29, 1.82) is 0 Å². The highest BCUT2D eigenvalue weighted by Gasteiger charge is 2.07. The lowest BCUT2D eigenvalue weighted by Gasteiger charge is -2.08. The Kier molecular flexibility index (Phi) is 5.26. The number of hydrogen-bond acceptors (Lipinski definition) is 3. The molecule has 0 radical (unpaired) electrons. The van der Waals surface area contributed by atoms with Crippen LogP contribution in [0, 0.1) is 6.92 Å². The normalized spacial score (nSPS) is 10.1. The zero-order chi connectivity index (χ0) is 14.7. The highest BCUT2D eigenvalue weighted by atomic mass is 35.5. The van der Waals surface area contributed by atoms with Gasteiger partial charge in [-0.3, -0.25) is 0 Å². The summed E-state index contributed by atoms with van der Waals surface area (Å²) in [7, 11) is 0. The second kappa shape index (κ2) is 7.16. The summed E-state index contributed by atoms with van der Waals surface area (Å²) in [6.45, 7) is 2.48. The lowest BCUT2D eigenvalue weighted by molar-refractivity contribution is 0.972. The van der Waals surface area contributed by atoms with Crippen LogP contribution in [0.5, 0.6) is 0 Å². The van der Waals surface area contributed by atoms with Gasteiger partial charge in [0.1, 0.15) is 0 Å². The number of hydrogen-bond donors (Lipinski definition) is 1. The van der Waals surface area contributed by atoms with Crippen LogP contribution < -0.4 is 5.73 Å². The van der Waals surface area contributed by atoms with Gasteiger partial charge in [-0.1, -0.05) is 60.2 Å². The van der Waals surface area contributed by atoms with Gasteiger partial charge >= 0.3 is 0 Å². The summed E-state index contributed by atoms with van der Waals surface area (Å²) in [4.78, 5) is 9.21. The van der Waals surface area contributed by atoms with E-state index in [1.54, 1.807) is 0 Å². The molecule has 1 heterocycles. The highest BCUT2D eigenvalue weighted by molar-refractivity contribution is 5.85. The van der Waals surface area contributed by atoms with E-state index in [9.17, 15) is 0 Å². The van der Waals surface area contributed by atoms with Crippen molar-refractivity contribution in [3.05, 3.63) is 71.9 Å². The molecule has 3 aromatic rings. The summed E-state index contributed by atoms with van der Waals surface area (Å²) >= 11 is 0. The van der Waals surface area contributed by atoms with Crippen molar-refractivity contribution in [2.45, 2.75) is 13.5 Å².